The van der Waals surface area contributed by atoms with Crippen molar-refractivity contribution in [3.05, 3.63) is 35.4 Å². The molecule has 0 radical (unpaired) electrons. The van der Waals surface area contributed by atoms with Gasteiger partial charge in [-0.1, -0.05) is 31.4 Å². The van der Waals surface area contributed by atoms with Gasteiger partial charge in [-0.25, -0.2) is 0 Å². The Hall–Kier alpha value is -0.740. The van der Waals surface area contributed by atoms with E-state index in [-0.39, 0.29) is 0 Å². The lowest BCUT2D eigenvalue weighted by molar-refractivity contribution is -0.137. The lowest BCUT2D eigenvalue weighted by Gasteiger charge is -2.34. The van der Waals surface area contributed by atoms with Gasteiger partial charge in [0.25, 0.3) is 0 Å². The molecule has 0 spiro atoms. The summed E-state index contributed by atoms with van der Waals surface area (Å²) >= 11 is 5.88. The van der Waals surface area contributed by atoms with E-state index >= 15 is 0 Å². The molecule has 1 aromatic rings. The van der Waals surface area contributed by atoms with Gasteiger partial charge >= 0.3 is 6.18 Å². The number of hydrogen-bond donors (Lipinski definition) is 0. The van der Waals surface area contributed by atoms with Crippen LogP contribution in [0.2, 0.25) is 0 Å². The molecule has 2 rings (SSSR count). The number of benzene rings is 1. The fourth-order valence-electron chi connectivity index (χ4n) is 2.98. The zero-order chi connectivity index (χ0) is 15.3. The summed E-state index contributed by atoms with van der Waals surface area (Å²) in [4.78, 5) is 2.31. The number of rotatable bonds is 5. The Morgan fingerprint density at radius 2 is 1.67 bits per heavy atom. The average molecular weight is 320 g/mol. The van der Waals surface area contributed by atoms with Gasteiger partial charge in [-0.15, -0.1) is 11.6 Å². The minimum absolute atomic E-state index is 0.514. The topological polar surface area (TPSA) is 3.24 Å². The van der Waals surface area contributed by atoms with E-state index in [0.717, 1.165) is 37.1 Å². The Morgan fingerprint density at radius 3 is 2.19 bits per heavy atom. The summed E-state index contributed by atoms with van der Waals surface area (Å²) in [6, 6.07) is 5.99. The van der Waals surface area contributed by atoms with Crippen molar-refractivity contribution in [3.63, 3.8) is 0 Å². The van der Waals surface area contributed by atoms with Gasteiger partial charge in [0, 0.05) is 25.0 Å². The molecule has 0 bridgehead atoms. The molecule has 0 N–H and O–H groups in total. The molecule has 0 heterocycles. The standard InChI is InChI=1S/C16H21ClF3N/c17-10-11-21(15-4-2-1-3-5-15)12-13-6-8-14(9-7-13)16(18,19)20/h6-9,15H,1-5,10-12H2. The van der Waals surface area contributed by atoms with E-state index in [9.17, 15) is 13.2 Å². The number of alkyl halides is 4. The van der Waals surface area contributed by atoms with Gasteiger partial charge in [0.05, 0.1) is 5.56 Å². The predicted molar refractivity (Wildman–Crippen MR) is 79.4 cm³/mol. The normalized spacial score (nSPS) is 17.4. The van der Waals surface area contributed by atoms with Crippen molar-refractivity contribution in [2.45, 2.75) is 50.9 Å². The Morgan fingerprint density at radius 1 is 1.05 bits per heavy atom. The third kappa shape index (κ3) is 4.89. The SMILES string of the molecule is FC(F)(F)c1ccc(CN(CCCl)C2CCCCC2)cc1. The third-order valence-electron chi connectivity index (χ3n) is 4.13. The smallest absolute Gasteiger partial charge is 0.295 e. The van der Waals surface area contributed by atoms with Crippen molar-refractivity contribution in [2.75, 3.05) is 12.4 Å². The highest BCUT2D eigenvalue weighted by Gasteiger charge is 2.30. The molecule has 0 atom stereocenters. The molecule has 118 valence electrons. The second kappa shape index (κ2) is 7.50. The highest BCUT2D eigenvalue weighted by Crippen LogP contribution is 2.30. The summed E-state index contributed by atoms with van der Waals surface area (Å²) in [6.07, 6.45) is 1.81. The Labute approximate surface area is 129 Å². The van der Waals surface area contributed by atoms with Gasteiger partial charge in [-0.05, 0) is 30.5 Å². The first-order valence-electron chi connectivity index (χ1n) is 7.47. The maximum atomic E-state index is 12.6. The van der Waals surface area contributed by atoms with Gasteiger partial charge < -0.3 is 0 Å². The fourth-order valence-corrected chi connectivity index (χ4v) is 3.20. The number of halogens is 4. The van der Waals surface area contributed by atoms with Crippen LogP contribution in [0, 0.1) is 0 Å². The maximum Gasteiger partial charge on any atom is 0.416 e. The zero-order valence-corrected chi connectivity index (χ0v) is 12.8. The molecule has 21 heavy (non-hydrogen) atoms. The first kappa shape index (κ1) is 16.6. The minimum atomic E-state index is -4.27. The summed E-state index contributed by atoms with van der Waals surface area (Å²) in [7, 11) is 0. The van der Waals surface area contributed by atoms with Crippen LogP contribution < -0.4 is 0 Å². The van der Waals surface area contributed by atoms with Gasteiger partial charge in [0.1, 0.15) is 0 Å². The molecular weight excluding hydrogens is 299 g/mol. The highest BCUT2D eigenvalue weighted by molar-refractivity contribution is 6.18. The molecule has 0 unspecified atom stereocenters. The van der Waals surface area contributed by atoms with Crippen LogP contribution in [0.4, 0.5) is 13.2 Å². The van der Waals surface area contributed by atoms with Crippen molar-refractivity contribution < 1.29 is 13.2 Å². The van der Waals surface area contributed by atoms with Crippen LogP contribution in [0.15, 0.2) is 24.3 Å². The van der Waals surface area contributed by atoms with E-state index in [1.165, 1.54) is 19.3 Å². The van der Waals surface area contributed by atoms with Gasteiger partial charge in [0.2, 0.25) is 0 Å². The van der Waals surface area contributed by atoms with Gasteiger partial charge in [-0.3, -0.25) is 4.90 Å². The predicted octanol–water partition coefficient (Wildman–Crippen LogP) is 5.08. The average Bonchev–Trinajstić information content (AvgIpc) is 2.47. The molecular formula is C16H21ClF3N. The molecule has 5 heteroatoms. The fraction of sp³-hybridized carbons (Fsp3) is 0.625. The summed E-state index contributed by atoms with van der Waals surface area (Å²) < 4.78 is 37.7. The molecule has 0 aromatic heterocycles. The van der Waals surface area contributed by atoms with Crippen LogP contribution in [-0.4, -0.2) is 23.4 Å². The summed E-state index contributed by atoms with van der Waals surface area (Å²) in [5.41, 5.74) is 0.325. The van der Waals surface area contributed by atoms with Crippen LogP contribution in [0.3, 0.4) is 0 Å². The lowest BCUT2D eigenvalue weighted by Crippen LogP contribution is -2.37. The Kier molecular flexibility index (Phi) is 5.94. The molecule has 1 nitrogen and oxygen atoms in total. The van der Waals surface area contributed by atoms with Crippen LogP contribution >= 0.6 is 11.6 Å². The quantitative estimate of drug-likeness (QED) is 0.684. The molecule has 1 aliphatic rings. The third-order valence-corrected chi connectivity index (χ3v) is 4.30. The van der Waals surface area contributed by atoms with Crippen LogP contribution in [0.1, 0.15) is 43.2 Å². The maximum absolute atomic E-state index is 12.6. The molecule has 0 aliphatic heterocycles. The monoisotopic (exact) mass is 319 g/mol. The first-order chi connectivity index (χ1) is 10.0. The molecule has 0 saturated heterocycles. The van der Waals surface area contributed by atoms with E-state index in [1.54, 1.807) is 12.1 Å². The molecule has 1 fully saturated rings. The van der Waals surface area contributed by atoms with Crippen molar-refractivity contribution in [3.8, 4) is 0 Å². The summed E-state index contributed by atoms with van der Waals surface area (Å²) in [6.45, 7) is 1.46. The molecule has 1 aromatic carbocycles. The largest absolute Gasteiger partial charge is 0.416 e. The Bertz CT molecular complexity index is 424. The molecule has 1 aliphatic carbocycles. The molecule has 1 saturated carbocycles. The zero-order valence-electron chi connectivity index (χ0n) is 12.0. The van der Waals surface area contributed by atoms with Crippen molar-refractivity contribution >= 4 is 11.6 Å². The first-order valence-corrected chi connectivity index (χ1v) is 8.00. The second-order valence-electron chi connectivity index (χ2n) is 5.65. The number of hydrogen-bond acceptors (Lipinski definition) is 1. The van der Waals surface area contributed by atoms with Gasteiger partial charge in [0.15, 0.2) is 0 Å². The van der Waals surface area contributed by atoms with Crippen LogP contribution in [0.5, 0.6) is 0 Å². The lowest BCUT2D eigenvalue weighted by atomic mass is 9.94. The summed E-state index contributed by atoms with van der Waals surface area (Å²) in [5.74, 6) is 0.553. The van der Waals surface area contributed by atoms with E-state index in [1.807, 2.05) is 0 Å². The molecule has 0 amide bonds. The van der Waals surface area contributed by atoms with Crippen molar-refractivity contribution in [2.24, 2.45) is 0 Å². The van der Waals surface area contributed by atoms with E-state index in [4.69, 9.17) is 11.6 Å². The van der Waals surface area contributed by atoms with Crippen LogP contribution in [0.25, 0.3) is 0 Å². The van der Waals surface area contributed by atoms with E-state index < -0.39 is 11.7 Å². The highest BCUT2D eigenvalue weighted by atomic mass is 35.5. The van der Waals surface area contributed by atoms with E-state index in [2.05, 4.69) is 4.90 Å². The van der Waals surface area contributed by atoms with Crippen molar-refractivity contribution in [1.82, 2.24) is 4.90 Å². The van der Waals surface area contributed by atoms with Crippen LogP contribution in [-0.2, 0) is 12.7 Å². The van der Waals surface area contributed by atoms with Gasteiger partial charge in [-0.2, -0.15) is 13.2 Å². The van der Waals surface area contributed by atoms with E-state index in [0.29, 0.717) is 18.5 Å². The van der Waals surface area contributed by atoms with Crippen molar-refractivity contribution in [1.29, 1.82) is 0 Å². The number of nitrogens with zero attached hydrogens (tertiary/aromatic N) is 1. The second-order valence-corrected chi connectivity index (χ2v) is 6.02. The summed E-state index contributed by atoms with van der Waals surface area (Å²) in [5, 5.41) is 0. The Balaban J connectivity index is 2.02. The minimum Gasteiger partial charge on any atom is -0.295 e.